The molecule has 11 aromatic rings. The van der Waals surface area contributed by atoms with Crippen molar-refractivity contribution in [3.63, 3.8) is 0 Å². The van der Waals surface area contributed by atoms with Gasteiger partial charge in [-0.2, -0.15) is 0 Å². The van der Waals surface area contributed by atoms with Gasteiger partial charge in [-0.1, -0.05) is 140 Å². The highest BCUT2D eigenvalue weighted by molar-refractivity contribution is 6.25. The van der Waals surface area contributed by atoms with E-state index in [9.17, 15) is 0 Å². The molecule has 3 nitrogen and oxygen atoms in total. The second-order valence-corrected chi connectivity index (χ2v) is 14.1. The van der Waals surface area contributed by atoms with Crippen molar-refractivity contribution in [1.82, 2.24) is 4.57 Å². The summed E-state index contributed by atoms with van der Waals surface area (Å²) in [6, 6.07) is 73.7. The van der Waals surface area contributed by atoms with Gasteiger partial charge in [-0.15, -0.1) is 0 Å². The van der Waals surface area contributed by atoms with E-state index in [0.717, 1.165) is 66.6 Å². The van der Waals surface area contributed by atoms with Crippen LogP contribution in [0.3, 0.4) is 0 Å². The molecule has 0 bridgehead atoms. The highest BCUT2D eigenvalue weighted by Gasteiger charge is 2.21. The van der Waals surface area contributed by atoms with E-state index in [1.165, 1.54) is 32.9 Å². The Labute approximate surface area is 318 Å². The van der Waals surface area contributed by atoms with Crippen LogP contribution in [0.15, 0.2) is 211 Å². The van der Waals surface area contributed by atoms with Crippen molar-refractivity contribution in [2.24, 2.45) is 0 Å². The SMILES string of the molecule is c1ccc(-c2ccc(N(c3ccccc3)c3cccc4ccc5oc6c(-c7ccc8c(c7)c7ccccc7n8-c7ccccc7)cccc6c5c34)cc2)cc1. The molecule has 0 spiro atoms. The van der Waals surface area contributed by atoms with Gasteiger partial charge < -0.3 is 13.9 Å². The van der Waals surface area contributed by atoms with E-state index in [1.807, 2.05) is 0 Å². The minimum Gasteiger partial charge on any atom is -0.455 e. The topological polar surface area (TPSA) is 21.3 Å². The number of para-hydroxylation sites is 4. The van der Waals surface area contributed by atoms with Crippen molar-refractivity contribution in [3.8, 4) is 27.9 Å². The van der Waals surface area contributed by atoms with E-state index < -0.39 is 0 Å². The van der Waals surface area contributed by atoms with Gasteiger partial charge in [0.05, 0.1) is 16.7 Å². The third kappa shape index (κ3) is 5.05. The Morgan fingerprint density at radius 3 is 1.85 bits per heavy atom. The predicted octanol–water partition coefficient (Wildman–Crippen LogP) is 14.6. The zero-order chi connectivity index (χ0) is 36.3. The molecule has 0 aliphatic heterocycles. The van der Waals surface area contributed by atoms with Crippen LogP contribution in [0.5, 0.6) is 0 Å². The Bertz CT molecular complexity index is 3180. The predicted molar refractivity (Wildman–Crippen MR) is 231 cm³/mol. The molecule has 2 heterocycles. The second kappa shape index (κ2) is 12.6. The number of furan rings is 1. The third-order valence-electron chi connectivity index (χ3n) is 11.0. The number of fused-ring (bicyclic) bond motifs is 8. The third-order valence-corrected chi connectivity index (χ3v) is 11.0. The van der Waals surface area contributed by atoms with Gasteiger partial charge in [-0.25, -0.2) is 0 Å². The Hall–Kier alpha value is -7.36. The van der Waals surface area contributed by atoms with Gasteiger partial charge >= 0.3 is 0 Å². The normalized spacial score (nSPS) is 11.6. The summed E-state index contributed by atoms with van der Waals surface area (Å²) in [5.41, 5.74) is 13.2. The molecule has 258 valence electrons. The van der Waals surface area contributed by atoms with Gasteiger partial charge in [0.1, 0.15) is 11.2 Å². The minimum absolute atomic E-state index is 0.872. The van der Waals surface area contributed by atoms with Crippen LogP contribution >= 0.6 is 0 Å². The summed E-state index contributed by atoms with van der Waals surface area (Å²) >= 11 is 0. The summed E-state index contributed by atoms with van der Waals surface area (Å²) < 4.78 is 9.27. The summed E-state index contributed by atoms with van der Waals surface area (Å²) in [6.45, 7) is 0. The minimum atomic E-state index is 0.872. The molecular weight excluding hydrogens is 669 g/mol. The number of nitrogens with zero attached hydrogens (tertiary/aromatic N) is 2. The van der Waals surface area contributed by atoms with E-state index >= 15 is 0 Å². The van der Waals surface area contributed by atoms with Crippen LogP contribution in [0.2, 0.25) is 0 Å². The lowest BCUT2D eigenvalue weighted by molar-refractivity contribution is 0.670. The maximum absolute atomic E-state index is 6.91. The summed E-state index contributed by atoms with van der Waals surface area (Å²) in [5.74, 6) is 0. The Balaban J connectivity index is 1.12. The number of benzene rings is 9. The van der Waals surface area contributed by atoms with Crippen LogP contribution in [0.25, 0.3) is 82.5 Å². The van der Waals surface area contributed by atoms with Crippen LogP contribution in [0.1, 0.15) is 0 Å². The molecule has 0 saturated heterocycles. The molecule has 0 aliphatic rings. The second-order valence-electron chi connectivity index (χ2n) is 14.1. The molecule has 11 rings (SSSR count). The van der Waals surface area contributed by atoms with Crippen molar-refractivity contribution in [1.29, 1.82) is 0 Å². The number of hydrogen-bond acceptors (Lipinski definition) is 2. The molecule has 2 aromatic heterocycles. The van der Waals surface area contributed by atoms with Crippen molar-refractivity contribution in [3.05, 3.63) is 206 Å². The van der Waals surface area contributed by atoms with Crippen LogP contribution in [-0.4, -0.2) is 4.57 Å². The number of aromatic nitrogens is 1. The van der Waals surface area contributed by atoms with Crippen molar-refractivity contribution in [2.45, 2.75) is 0 Å². The summed E-state index contributed by atoms with van der Waals surface area (Å²) in [6.07, 6.45) is 0. The molecule has 0 radical (unpaired) electrons. The standard InChI is InChI=1S/C52H34N2O/c1-4-14-35(15-5-1)36-26-30-41(31-27-36)53(39-17-6-2-7-18-39)48-25-12-16-37-29-33-49-51(50(37)48)44-23-13-22-42(52(44)55-49)38-28-32-47-45(34-38)43-21-10-11-24-46(43)54(47)40-19-8-3-9-20-40/h1-34H. The molecule has 55 heavy (non-hydrogen) atoms. The van der Waals surface area contributed by atoms with Crippen LogP contribution in [-0.2, 0) is 0 Å². The number of hydrogen-bond donors (Lipinski definition) is 0. The lowest BCUT2D eigenvalue weighted by Gasteiger charge is -2.27. The molecule has 0 fully saturated rings. The molecule has 0 unspecified atom stereocenters. The fourth-order valence-corrected chi connectivity index (χ4v) is 8.49. The lowest BCUT2D eigenvalue weighted by Crippen LogP contribution is -2.10. The highest BCUT2D eigenvalue weighted by Crippen LogP contribution is 2.46. The average Bonchev–Trinajstić information content (AvgIpc) is 3.81. The molecule has 0 amide bonds. The molecule has 9 aromatic carbocycles. The summed E-state index contributed by atoms with van der Waals surface area (Å²) in [5, 5.41) is 6.99. The average molecular weight is 703 g/mol. The summed E-state index contributed by atoms with van der Waals surface area (Å²) in [4.78, 5) is 2.37. The van der Waals surface area contributed by atoms with Gasteiger partial charge in [0, 0.05) is 49.6 Å². The number of rotatable bonds is 6. The molecule has 3 heteroatoms. The van der Waals surface area contributed by atoms with Gasteiger partial charge in [-0.05, 0) is 88.8 Å². The lowest BCUT2D eigenvalue weighted by atomic mass is 9.97. The molecular formula is C52H34N2O. The van der Waals surface area contributed by atoms with Crippen LogP contribution in [0, 0.1) is 0 Å². The van der Waals surface area contributed by atoms with Crippen molar-refractivity contribution >= 4 is 71.6 Å². The Kier molecular flexibility index (Phi) is 7.17. The van der Waals surface area contributed by atoms with E-state index in [2.05, 4.69) is 216 Å². The molecule has 0 atom stereocenters. The van der Waals surface area contributed by atoms with Gasteiger partial charge in [0.25, 0.3) is 0 Å². The first-order chi connectivity index (χ1) is 27.3. The van der Waals surface area contributed by atoms with Gasteiger partial charge in [0.2, 0.25) is 0 Å². The quantitative estimate of drug-likeness (QED) is 0.172. The fourth-order valence-electron chi connectivity index (χ4n) is 8.49. The monoisotopic (exact) mass is 702 g/mol. The molecule has 0 N–H and O–H groups in total. The van der Waals surface area contributed by atoms with Crippen LogP contribution in [0.4, 0.5) is 17.1 Å². The van der Waals surface area contributed by atoms with Gasteiger partial charge in [0.15, 0.2) is 0 Å². The number of anilines is 3. The first-order valence-electron chi connectivity index (χ1n) is 18.8. The largest absolute Gasteiger partial charge is 0.455 e. The van der Waals surface area contributed by atoms with Crippen molar-refractivity contribution < 1.29 is 4.42 Å². The zero-order valence-electron chi connectivity index (χ0n) is 29.9. The maximum atomic E-state index is 6.91. The van der Waals surface area contributed by atoms with E-state index in [4.69, 9.17) is 4.42 Å². The van der Waals surface area contributed by atoms with Crippen molar-refractivity contribution in [2.75, 3.05) is 4.90 Å². The molecule has 0 saturated carbocycles. The van der Waals surface area contributed by atoms with Gasteiger partial charge in [-0.3, -0.25) is 0 Å². The Morgan fingerprint density at radius 1 is 0.400 bits per heavy atom. The smallest absolute Gasteiger partial charge is 0.143 e. The zero-order valence-corrected chi connectivity index (χ0v) is 29.9. The highest BCUT2D eigenvalue weighted by atomic mass is 16.3. The van der Waals surface area contributed by atoms with E-state index in [1.54, 1.807) is 0 Å². The first-order valence-corrected chi connectivity index (χ1v) is 18.8. The first kappa shape index (κ1) is 31.2. The van der Waals surface area contributed by atoms with Crippen LogP contribution < -0.4 is 4.90 Å². The summed E-state index contributed by atoms with van der Waals surface area (Å²) in [7, 11) is 0. The molecule has 0 aliphatic carbocycles. The van der Waals surface area contributed by atoms with E-state index in [0.29, 0.717) is 0 Å². The Morgan fingerprint density at radius 2 is 1.04 bits per heavy atom. The fraction of sp³-hybridized carbons (Fsp3) is 0. The van der Waals surface area contributed by atoms with E-state index in [-0.39, 0.29) is 0 Å². The maximum Gasteiger partial charge on any atom is 0.143 e.